The van der Waals surface area contributed by atoms with Crippen LogP contribution >= 0.6 is 0 Å². The molecular formula is C24H22N8O2. The van der Waals surface area contributed by atoms with Crippen LogP contribution in [0.1, 0.15) is 23.9 Å². The molecule has 0 spiro atoms. The fourth-order valence-electron chi connectivity index (χ4n) is 3.95. The first-order chi connectivity index (χ1) is 16.6. The van der Waals surface area contributed by atoms with Crippen LogP contribution in [0.5, 0.6) is 11.6 Å². The van der Waals surface area contributed by atoms with Gasteiger partial charge in [0, 0.05) is 37.4 Å². The van der Waals surface area contributed by atoms with Crippen molar-refractivity contribution in [2.75, 3.05) is 11.9 Å². The van der Waals surface area contributed by atoms with E-state index in [0.29, 0.717) is 30.5 Å². The minimum Gasteiger partial charge on any atom is -0.482 e. The van der Waals surface area contributed by atoms with E-state index in [4.69, 9.17) is 9.47 Å². The Morgan fingerprint density at radius 2 is 1.94 bits per heavy atom. The SMILES string of the molecule is Cc1ccc(OC2CCOc3cc(-c4ccnc(Nc5ccnn5C)n4)cc4nnc2n34)cc1. The van der Waals surface area contributed by atoms with Crippen molar-refractivity contribution in [3.63, 3.8) is 0 Å². The molecule has 1 aromatic carbocycles. The first-order valence-corrected chi connectivity index (χ1v) is 11.0. The summed E-state index contributed by atoms with van der Waals surface area (Å²) in [5.41, 5.74) is 3.45. The predicted octanol–water partition coefficient (Wildman–Crippen LogP) is 3.87. The van der Waals surface area contributed by atoms with Crippen molar-refractivity contribution in [3.8, 4) is 22.9 Å². The summed E-state index contributed by atoms with van der Waals surface area (Å²) in [4.78, 5) is 8.99. The number of nitrogens with zero attached hydrogens (tertiary/aromatic N) is 7. The third kappa shape index (κ3) is 3.68. The van der Waals surface area contributed by atoms with E-state index in [9.17, 15) is 0 Å². The van der Waals surface area contributed by atoms with Crippen LogP contribution in [0.2, 0.25) is 0 Å². The van der Waals surface area contributed by atoms with Crippen molar-refractivity contribution in [2.45, 2.75) is 19.4 Å². The Hall–Kier alpha value is -4.47. The lowest BCUT2D eigenvalue weighted by Gasteiger charge is -2.15. The summed E-state index contributed by atoms with van der Waals surface area (Å²) in [5.74, 6) is 3.44. The summed E-state index contributed by atoms with van der Waals surface area (Å²) < 4.78 is 16.0. The van der Waals surface area contributed by atoms with Gasteiger partial charge < -0.3 is 14.8 Å². The smallest absolute Gasteiger partial charge is 0.228 e. The van der Waals surface area contributed by atoms with Gasteiger partial charge >= 0.3 is 0 Å². The largest absolute Gasteiger partial charge is 0.482 e. The molecule has 0 amide bonds. The monoisotopic (exact) mass is 454 g/mol. The summed E-state index contributed by atoms with van der Waals surface area (Å²) in [6.07, 6.45) is 3.82. The standard InChI is InChI=1S/C24H22N8O2/c1-15-3-5-17(6-4-15)34-19-9-12-33-22-14-16(13-21-29-30-23(19)32(21)22)18-7-10-25-24(27-18)28-20-8-11-26-31(20)2/h3-8,10-11,13-14,19H,9,12H2,1-2H3,(H,25,27,28). The van der Waals surface area contributed by atoms with Crippen molar-refractivity contribution < 1.29 is 9.47 Å². The second-order valence-corrected chi connectivity index (χ2v) is 8.12. The number of pyridine rings is 1. The average molecular weight is 454 g/mol. The molecule has 1 N–H and O–H groups in total. The number of hydrogen-bond acceptors (Lipinski definition) is 8. The lowest BCUT2D eigenvalue weighted by molar-refractivity contribution is 0.166. The average Bonchev–Trinajstić information content (AvgIpc) is 3.41. The topological polar surface area (TPSA) is 104 Å². The van der Waals surface area contributed by atoms with Crippen molar-refractivity contribution >= 4 is 17.4 Å². The lowest BCUT2D eigenvalue weighted by atomic mass is 10.2. The number of ether oxygens (including phenoxy) is 2. The number of nitrogens with one attached hydrogen (secondary N) is 1. The zero-order chi connectivity index (χ0) is 23.1. The molecule has 0 saturated heterocycles. The minimum absolute atomic E-state index is 0.265. The van der Waals surface area contributed by atoms with E-state index in [0.717, 1.165) is 28.6 Å². The Morgan fingerprint density at radius 1 is 1.06 bits per heavy atom. The number of rotatable bonds is 5. The highest BCUT2D eigenvalue weighted by Gasteiger charge is 2.26. The molecule has 5 heterocycles. The zero-order valence-corrected chi connectivity index (χ0v) is 18.7. The molecule has 10 heteroatoms. The molecule has 170 valence electrons. The zero-order valence-electron chi connectivity index (χ0n) is 18.7. The van der Waals surface area contributed by atoms with Gasteiger partial charge in [-0.25, -0.2) is 14.4 Å². The normalized spacial score (nSPS) is 15.1. The van der Waals surface area contributed by atoms with Crippen LogP contribution in [0.4, 0.5) is 11.8 Å². The Kier molecular flexibility index (Phi) is 4.83. The van der Waals surface area contributed by atoms with E-state index in [1.54, 1.807) is 17.1 Å². The first-order valence-electron chi connectivity index (χ1n) is 11.0. The molecule has 6 rings (SSSR count). The summed E-state index contributed by atoms with van der Waals surface area (Å²) in [7, 11) is 1.85. The molecule has 0 aliphatic carbocycles. The Labute approximate surface area is 195 Å². The Morgan fingerprint density at radius 3 is 2.76 bits per heavy atom. The van der Waals surface area contributed by atoms with Crippen LogP contribution in [-0.4, -0.2) is 41.0 Å². The van der Waals surface area contributed by atoms with Gasteiger partial charge in [-0.2, -0.15) is 5.10 Å². The molecule has 0 fully saturated rings. The van der Waals surface area contributed by atoms with Crippen molar-refractivity contribution in [2.24, 2.45) is 7.05 Å². The maximum atomic E-state index is 6.25. The quantitative estimate of drug-likeness (QED) is 0.427. The molecule has 5 aromatic rings. The number of aryl methyl sites for hydroxylation is 2. The maximum absolute atomic E-state index is 6.25. The Bertz CT molecular complexity index is 1470. The molecular weight excluding hydrogens is 432 g/mol. The molecule has 0 radical (unpaired) electrons. The fourth-order valence-corrected chi connectivity index (χ4v) is 3.95. The minimum atomic E-state index is -0.265. The van der Waals surface area contributed by atoms with Crippen molar-refractivity contribution in [1.29, 1.82) is 0 Å². The molecule has 1 aliphatic rings. The molecule has 34 heavy (non-hydrogen) atoms. The summed E-state index contributed by atoms with van der Waals surface area (Å²) in [6.45, 7) is 2.55. The summed E-state index contributed by atoms with van der Waals surface area (Å²) in [5, 5.41) is 16.2. The van der Waals surface area contributed by atoms with Crippen LogP contribution < -0.4 is 14.8 Å². The highest BCUT2D eigenvalue weighted by Crippen LogP contribution is 2.33. The highest BCUT2D eigenvalue weighted by atomic mass is 16.5. The van der Waals surface area contributed by atoms with Gasteiger partial charge in [0.25, 0.3) is 0 Å². The molecule has 1 aliphatic heterocycles. The molecule has 0 bridgehead atoms. The third-order valence-corrected chi connectivity index (χ3v) is 5.73. The molecule has 1 unspecified atom stereocenters. The number of aromatic nitrogens is 7. The van der Waals surface area contributed by atoms with Crippen LogP contribution in [-0.2, 0) is 7.05 Å². The van der Waals surface area contributed by atoms with Crippen LogP contribution in [0, 0.1) is 6.92 Å². The van der Waals surface area contributed by atoms with Gasteiger partial charge in [-0.1, -0.05) is 17.7 Å². The number of benzene rings is 1. The lowest BCUT2D eigenvalue weighted by Crippen LogP contribution is -2.11. The second kappa shape index (κ2) is 8.14. The summed E-state index contributed by atoms with van der Waals surface area (Å²) >= 11 is 0. The molecule has 10 nitrogen and oxygen atoms in total. The Balaban J connectivity index is 1.34. The molecule has 0 saturated carbocycles. The second-order valence-electron chi connectivity index (χ2n) is 8.12. The van der Waals surface area contributed by atoms with Gasteiger partial charge in [0.05, 0.1) is 18.5 Å². The van der Waals surface area contributed by atoms with E-state index in [-0.39, 0.29) is 6.10 Å². The molecule has 1 atom stereocenters. The van der Waals surface area contributed by atoms with E-state index < -0.39 is 0 Å². The fraction of sp³-hybridized carbons (Fsp3) is 0.208. The van der Waals surface area contributed by atoms with Crippen molar-refractivity contribution in [3.05, 3.63) is 72.3 Å². The van der Waals surface area contributed by atoms with Gasteiger partial charge in [-0.3, -0.25) is 4.68 Å². The number of anilines is 2. The summed E-state index contributed by atoms with van der Waals surface area (Å²) in [6, 6.07) is 15.6. The highest BCUT2D eigenvalue weighted by molar-refractivity contribution is 5.67. The van der Waals surface area contributed by atoms with Gasteiger partial charge in [0.1, 0.15) is 11.6 Å². The van der Waals surface area contributed by atoms with Gasteiger partial charge in [-0.15, -0.1) is 10.2 Å². The van der Waals surface area contributed by atoms with E-state index >= 15 is 0 Å². The first kappa shape index (κ1) is 20.2. The van der Waals surface area contributed by atoms with Crippen LogP contribution in [0.25, 0.3) is 16.9 Å². The number of hydrogen-bond donors (Lipinski definition) is 1. The third-order valence-electron chi connectivity index (χ3n) is 5.73. The van der Waals surface area contributed by atoms with Crippen LogP contribution in [0.3, 0.4) is 0 Å². The van der Waals surface area contributed by atoms with E-state index in [1.165, 1.54) is 5.56 Å². The van der Waals surface area contributed by atoms with Gasteiger partial charge in [0.2, 0.25) is 11.8 Å². The van der Waals surface area contributed by atoms with Crippen LogP contribution in [0.15, 0.2) is 60.9 Å². The van der Waals surface area contributed by atoms with Gasteiger partial charge in [-0.05, 0) is 31.2 Å². The maximum Gasteiger partial charge on any atom is 0.228 e. The van der Waals surface area contributed by atoms with E-state index in [2.05, 4.69) is 37.5 Å². The van der Waals surface area contributed by atoms with Gasteiger partial charge in [0.15, 0.2) is 17.6 Å². The molecule has 4 aromatic heterocycles. The van der Waals surface area contributed by atoms with Crippen molar-refractivity contribution in [1.82, 2.24) is 34.3 Å². The van der Waals surface area contributed by atoms with E-state index in [1.807, 2.05) is 60.0 Å². The predicted molar refractivity (Wildman–Crippen MR) is 125 cm³/mol.